The highest BCUT2D eigenvalue weighted by Crippen LogP contribution is 2.35. The predicted molar refractivity (Wildman–Crippen MR) is 91.9 cm³/mol. The molecular formula is C17H20N2O3S. The zero-order valence-electron chi connectivity index (χ0n) is 12.9. The third-order valence-electron chi connectivity index (χ3n) is 4.18. The summed E-state index contributed by atoms with van der Waals surface area (Å²) in [5, 5.41) is 9.10. The molecule has 0 radical (unpaired) electrons. The van der Waals surface area contributed by atoms with E-state index in [1.54, 1.807) is 4.90 Å². The number of amides is 1. The first-order valence-corrected chi connectivity index (χ1v) is 8.88. The maximum absolute atomic E-state index is 12.7. The number of hydrogen-bond acceptors (Lipinski definition) is 4. The molecule has 0 bridgehead atoms. The Morgan fingerprint density at radius 3 is 2.57 bits per heavy atom. The van der Waals surface area contributed by atoms with E-state index in [9.17, 15) is 9.59 Å². The number of carbonyl (C=O) groups is 2. The van der Waals surface area contributed by atoms with E-state index in [4.69, 9.17) is 10.1 Å². The van der Waals surface area contributed by atoms with Gasteiger partial charge in [-0.3, -0.25) is 19.5 Å². The Hall–Kier alpha value is -1.82. The quantitative estimate of drug-likeness (QED) is 0.918. The first kappa shape index (κ1) is 16.1. The summed E-state index contributed by atoms with van der Waals surface area (Å²) < 4.78 is 0. The second kappa shape index (κ2) is 7.17. The van der Waals surface area contributed by atoms with E-state index in [0.717, 1.165) is 18.5 Å². The van der Waals surface area contributed by atoms with Gasteiger partial charge in [-0.1, -0.05) is 49.2 Å². The van der Waals surface area contributed by atoms with Crippen LogP contribution in [0.2, 0.25) is 0 Å². The first-order valence-electron chi connectivity index (χ1n) is 8.00. The molecule has 1 atom stereocenters. The molecular weight excluding hydrogens is 312 g/mol. The van der Waals surface area contributed by atoms with Crippen molar-refractivity contribution < 1.29 is 14.7 Å². The maximum atomic E-state index is 12.7. The van der Waals surface area contributed by atoms with Crippen LogP contribution in [-0.4, -0.2) is 33.4 Å². The predicted octanol–water partition coefficient (Wildman–Crippen LogP) is 3.30. The first-order chi connectivity index (χ1) is 11.1. The summed E-state index contributed by atoms with van der Waals surface area (Å²) >= 11 is 1.29. The number of rotatable bonds is 4. The minimum absolute atomic E-state index is 0.170. The molecule has 0 aromatic heterocycles. The Morgan fingerprint density at radius 1 is 1.22 bits per heavy atom. The summed E-state index contributed by atoms with van der Waals surface area (Å²) in [6.07, 6.45) is 5.51. The number of nitrogens with zero attached hydrogens (tertiary/aromatic N) is 2. The summed E-state index contributed by atoms with van der Waals surface area (Å²) in [5.74, 6) is -1.14. The molecule has 122 valence electrons. The highest BCUT2D eigenvalue weighted by atomic mass is 32.2. The van der Waals surface area contributed by atoms with Crippen molar-refractivity contribution in [1.29, 1.82) is 0 Å². The number of anilines is 1. The number of carbonyl (C=O) groups excluding carboxylic acids is 1. The van der Waals surface area contributed by atoms with E-state index in [1.807, 2.05) is 30.3 Å². The van der Waals surface area contributed by atoms with Gasteiger partial charge in [0, 0.05) is 0 Å². The lowest BCUT2D eigenvalue weighted by atomic mass is 9.96. The largest absolute Gasteiger partial charge is 0.481 e. The number of hydrogen-bond donors (Lipinski definition) is 1. The fourth-order valence-electron chi connectivity index (χ4n) is 3.03. The van der Waals surface area contributed by atoms with Crippen LogP contribution < -0.4 is 4.90 Å². The molecule has 1 saturated heterocycles. The van der Waals surface area contributed by atoms with Crippen molar-refractivity contribution in [3.63, 3.8) is 0 Å². The van der Waals surface area contributed by atoms with Crippen LogP contribution in [0.3, 0.4) is 0 Å². The summed E-state index contributed by atoms with van der Waals surface area (Å²) in [6, 6.07) is 9.60. The fourth-order valence-corrected chi connectivity index (χ4v) is 4.22. The number of thioether (sulfide) groups is 1. The van der Waals surface area contributed by atoms with Gasteiger partial charge in [-0.25, -0.2) is 0 Å². The Labute approximate surface area is 139 Å². The SMILES string of the molecule is O=C(O)CC1SC(=NC2CCCCC2)N(c2ccccc2)C1=O. The van der Waals surface area contributed by atoms with Crippen LogP contribution in [0.1, 0.15) is 38.5 Å². The van der Waals surface area contributed by atoms with Gasteiger partial charge in [0.15, 0.2) is 5.17 Å². The summed E-state index contributed by atoms with van der Waals surface area (Å²) in [5.41, 5.74) is 0.757. The molecule has 1 amide bonds. The summed E-state index contributed by atoms with van der Waals surface area (Å²) in [7, 11) is 0. The van der Waals surface area contributed by atoms with Gasteiger partial charge in [0.2, 0.25) is 5.91 Å². The monoisotopic (exact) mass is 332 g/mol. The van der Waals surface area contributed by atoms with Crippen molar-refractivity contribution in [3.05, 3.63) is 30.3 Å². The van der Waals surface area contributed by atoms with Gasteiger partial charge in [-0.2, -0.15) is 0 Å². The molecule has 5 nitrogen and oxygen atoms in total. The highest BCUT2D eigenvalue weighted by Gasteiger charge is 2.40. The number of benzene rings is 1. The second-order valence-corrected chi connectivity index (χ2v) is 7.09. The molecule has 0 spiro atoms. The van der Waals surface area contributed by atoms with Crippen LogP contribution in [0.15, 0.2) is 35.3 Å². The van der Waals surface area contributed by atoms with E-state index < -0.39 is 11.2 Å². The normalized spacial score (nSPS) is 24.3. The Balaban J connectivity index is 1.88. The molecule has 23 heavy (non-hydrogen) atoms. The van der Waals surface area contributed by atoms with Crippen LogP contribution >= 0.6 is 11.8 Å². The lowest BCUT2D eigenvalue weighted by molar-refractivity contribution is -0.138. The topological polar surface area (TPSA) is 70.0 Å². The lowest BCUT2D eigenvalue weighted by Gasteiger charge is -2.21. The molecule has 1 unspecified atom stereocenters. The smallest absolute Gasteiger partial charge is 0.305 e. The summed E-state index contributed by atoms with van der Waals surface area (Å²) in [6.45, 7) is 0. The van der Waals surface area contributed by atoms with Gasteiger partial charge < -0.3 is 5.11 Å². The molecule has 3 rings (SSSR count). The van der Waals surface area contributed by atoms with Gasteiger partial charge in [-0.15, -0.1) is 0 Å². The van der Waals surface area contributed by atoms with E-state index in [1.165, 1.54) is 31.0 Å². The number of amidine groups is 1. The van der Waals surface area contributed by atoms with Crippen molar-refractivity contribution in [2.45, 2.75) is 49.8 Å². The number of aliphatic imine (C=N–C) groups is 1. The summed E-state index contributed by atoms with van der Waals surface area (Å²) in [4.78, 5) is 30.1. The van der Waals surface area contributed by atoms with Crippen molar-refractivity contribution in [3.8, 4) is 0 Å². The third-order valence-corrected chi connectivity index (χ3v) is 5.33. The Bertz CT molecular complexity index is 612. The molecule has 6 heteroatoms. The standard InChI is InChI=1S/C17H20N2O3S/c20-15(21)11-14-16(22)19(13-9-5-2-6-10-13)17(23-14)18-12-7-3-1-4-8-12/h2,5-6,9-10,12,14H,1,3-4,7-8,11H2,(H,20,21). The minimum Gasteiger partial charge on any atom is -0.481 e. The zero-order chi connectivity index (χ0) is 16.2. The van der Waals surface area contributed by atoms with Gasteiger partial charge in [0.25, 0.3) is 0 Å². The second-order valence-electron chi connectivity index (χ2n) is 5.92. The molecule has 1 aliphatic carbocycles. The highest BCUT2D eigenvalue weighted by molar-refractivity contribution is 8.16. The lowest BCUT2D eigenvalue weighted by Crippen LogP contribution is -2.33. The Morgan fingerprint density at radius 2 is 1.91 bits per heavy atom. The fraction of sp³-hybridized carbons (Fsp3) is 0.471. The van der Waals surface area contributed by atoms with Crippen LogP contribution in [-0.2, 0) is 9.59 Å². The molecule has 1 aromatic rings. The van der Waals surface area contributed by atoms with E-state index in [2.05, 4.69) is 0 Å². The minimum atomic E-state index is -0.956. The zero-order valence-corrected chi connectivity index (χ0v) is 13.7. The van der Waals surface area contributed by atoms with Crippen molar-refractivity contribution >= 4 is 34.5 Å². The molecule has 1 aliphatic heterocycles. The van der Waals surface area contributed by atoms with E-state index >= 15 is 0 Å². The average molecular weight is 332 g/mol. The number of para-hydroxylation sites is 1. The molecule has 1 N–H and O–H groups in total. The number of carboxylic acid groups (broad SMARTS) is 1. The molecule has 1 aromatic carbocycles. The van der Waals surface area contributed by atoms with Crippen LogP contribution in [0.5, 0.6) is 0 Å². The number of aliphatic carboxylic acids is 1. The van der Waals surface area contributed by atoms with Crippen LogP contribution in [0, 0.1) is 0 Å². The van der Waals surface area contributed by atoms with Crippen molar-refractivity contribution in [1.82, 2.24) is 0 Å². The van der Waals surface area contributed by atoms with Crippen molar-refractivity contribution in [2.75, 3.05) is 4.90 Å². The third kappa shape index (κ3) is 3.75. The average Bonchev–Trinajstić information content (AvgIpc) is 2.84. The van der Waals surface area contributed by atoms with Crippen LogP contribution in [0.25, 0.3) is 0 Å². The maximum Gasteiger partial charge on any atom is 0.305 e. The van der Waals surface area contributed by atoms with Gasteiger partial charge in [-0.05, 0) is 25.0 Å². The molecule has 1 saturated carbocycles. The van der Waals surface area contributed by atoms with E-state index in [0.29, 0.717) is 5.17 Å². The van der Waals surface area contributed by atoms with Crippen LogP contribution in [0.4, 0.5) is 5.69 Å². The van der Waals surface area contributed by atoms with Gasteiger partial charge in [0.1, 0.15) is 5.25 Å². The van der Waals surface area contributed by atoms with Gasteiger partial charge in [0.05, 0.1) is 18.2 Å². The molecule has 2 fully saturated rings. The van der Waals surface area contributed by atoms with Crippen molar-refractivity contribution in [2.24, 2.45) is 4.99 Å². The Kier molecular flexibility index (Phi) is 5.00. The van der Waals surface area contributed by atoms with Gasteiger partial charge >= 0.3 is 5.97 Å². The number of carboxylic acids is 1. The molecule has 2 aliphatic rings. The molecule has 1 heterocycles. The van der Waals surface area contributed by atoms with E-state index in [-0.39, 0.29) is 18.4 Å².